The third-order valence-electron chi connectivity index (χ3n) is 5.65. The van der Waals surface area contributed by atoms with Gasteiger partial charge in [-0.05, 0) is 37.8 Å². The molecule has 1 aliphatic carbocycles. The molecule has 1 fully saturated rings. The zero-order valence-corrected chi connectivity index (χ0v) is 21.0. The first kappa shape index (κ1) is 25.2. The number of nitrogens with one attached hydrogen (secondary N) is 1. The molecule has 12 nitrogen and oxygen atoms in total. The number of nitrogens with zero attached hydrogens (tertiary/aromatic N) is 4. The Balaban J connectivity index is 1.43. The Morgan fingerprint density at radius 1 is 1.31 bits per heavy atom. The van der Waals surface area contributed by atoms with Crippen molar-refractivity contribution in [2.45, 2.75) is 31.8 Å². The van der Waals surface area contributed by atoms with Gasteiger partial charge in [-0.2, -0.15) is 15.1 Å². The summed E-state index contributed by atoms with van der Waals surface area (Å²) >= 11 is 6.16. The van der Waals surface area contributed by atoms with Gasteiger partial charge < -0.3 is 24.3 Å². The summed E-state index contributed by atoms with van der Waals surface area (Å²) < 4.78 is 36.8. The third-order valence-corrected chi connectivity index (χ3v) is 7.59. The minimum absolute atomic E-state index is 0.0805. The van der Waals surface area contributed by atoms with Gasteiger partial charge in [-0.25, -0.2) is 9.55 Å². The molecule has 2 atom stereocenters. The lowest BCUT2D eigenvalue weighted by Crippen LogP contribution is -2.36. The van der Waals surface area contributed by atoms with Gasteiger partial charge in [0.15, 0.2) is 11.2 Å². The van der Waals surface area contributed by atoms with Crippen molar-refractivity contribution in [1.29, 1.82) is 0 Å². The predicted molar refractivity (Wildman–Crippen MR) is 128 cm³/mol. The average Bonchev–Trinajstić information content (AvgIpc) is 3.21. The highest BCUT2D eigenvalue weighted by molar-refractivity contribution is 7.52. The van der Waals surface area contributed by atoms with Gasteiger partial charge in [-0.3, -0.25) is 9.32 Å². The highest BCUT2D eigenvalue weighted by atomic mass is 35.5. The summed E-state index contributed by atoms with van der Waals surface area (Å²) in [5, 5.41) is 2.88. The normalized spacial score (nSPS) is 20.0. The number of imidazole rings is 1. The molecule has 14 heteroatoms. The number of fused-ring (bicyclic) bond motifs is 1. The van der Waals surface area contributed by atoms with E-state index in [1.54, 1.807) is 30.6 Å². The van der Waals surface area contributed by atoms with Crippen LogP contribution in [0.25, 0.3) is 11.2 Å². The fraction of sp³-hybridized carbons (Fsp3) is 0.429. The molecule has 1 aromatic carbocycles. The first-order valence-corrected chi connectivity index (χ1v) is 12.7. The number of hydrogen-bond donors (Lipinski definition) is 2. The Morgan fingerprint density at radius 2 is 2.06 bits per heavy atom. The van der Waals surface area contributed by atoms with Crippen molar-refractivity contribution >= 4 is 42.4 Å². The van der Waals surface area contributed by atoms with E-state index in [4.69, 9.17) is 35.9 Å². The maximum absolute atomic E-state index is 13.5. The first-order valence-electron chi connectivity index (χ1n) is 10.8. The molecule has 2 aromatic heterocycles. The molecular formula is C21H26ClN6O6P. The number of anilines is 1. The summed E-state index contributed by atoms with van der Waals surface area (Å²) in [6.45, 7) is 1.63. The van der Waals surface area contributed by atoms with Crippen LogP contribution in [0.5, 0.6) is 11.6 Å². The van der Waals surface area contributed by atoms with Crippen LogP contribution < -0.4 is 20.1 Å². The molecule has 0 saturated heterocycles. The number of nitrogen functional groups attached to an aromatic ring is 1. The number of nitrogens with two attached hydrogens (primary N) is 1. The van der Waals surface area contributed by atoms with Gasteiger partial charge in [-0.1, -0.05) is 23.7 Å². The van der Waals surface area contributed by atoms with Crippen molar-refractivity contribution in [1.82, 2.24) is 24.6 Å². The minimum Gasteiger partial charge on any atom is -0.479 e. The lowest BCUT2D eigenvalue weighted by molar-refractivity contribution is -0.142. The number of aromatic nitrogens is 4. The van der Waals surface area contributed by atoms with Gasteiger partial charge >= 0.3 is 13.7 Å². The number of ether oxygens (including phenoxy) is 2. The van der Waals surface area contributed by atoms with Crippen molar-refractivity contribution in [3.8, 4) is 11.6 Å². The average molecular weight is 525 g/mol. The number of rotatable bonds is 10. The van der Waals surface area contributed by atoms with Gasteiger partial charge in [0.05, 0.1) is 32.2 Å². The Kier molecular flexibility index (Phi) is 7.46. The molecule has 0 aliphatic heterocycles. The number of halogens is 1. The van der Waals surface area contributed by atoms with E-state index in [0.717, 1.165) is 12.8 Å². The second kappa shape index (κ2) is 10.4. The first-order chi connectivity index (χ1) is 16.7. The number of para-hydroxylation sites is 1. The summed E-state index contributed by atoms with van der Waals surface area (Å²) in [4.78, 5) is 24.6. The van der Waals surface area contributed by atoms with Gasteiger partial charge in [-0.15, -0.1) is 0 Å². The second-order valence-electron chi connectivity index (χ2n) is 8.10. The van der Waals surface area contributed by atoms with E-state index >= 15 is 0 Å². The fourth-order valence-electron chi connectivity index (χ4n) is 3.79. The highest BCUT2D eigenvalue weighted by Crippen LogP contribution is 2.49. The summed E-state index contributed by atoms with van der Waals surface area (Å²) in [7, 11) is -1.23. The Hall–Kier alpha value is -2.92. The number of carbonyl (C=O) groups excluding carboxylic acids is 1. The lowest BCUT2D eigenvalue weighted by Gasteiger charge is -2.36. The molecule has 3 N–H and O–H groups in total. The molecule has 0 spiro atoms. The molecule has 0 amide bonds. The zero-order valence-electron chi connectivity index (χ0n) is 19.4. The van der Waals surface area contributed by atoms with Crippen LogP contribution in [0.1, 0.15) is 25.8 Å². The van der Waals surface area contributed by atoms with Crippen molar-refractivity contribution in [2.24, 2.45) is 5.92 Å². The fourth-order valence-corrected chi connectivity index (χ4v) is 5.60. The van der Waals surface area contributed by atoms with E-state index in [1.165, 1.54) is 21.1 Å². The zero-order chi connectivity index (χ0) is 25.2. The standard InChI is InChI=1S/C21H26ClN6O6P/c1-12(20(29)32-3)27-35(30,34-16-7-5-4-6-15(16)22)33-10-13-8-14(9-13)28-11-24-17-18(28)25-21(23)26-19(17)31-2/h4-7,11-14H,8-10H2,1-3H3,(H,27,30)(H2,23,25,26)/t12-,13?,14?,35?/m0/s1. The molecule has 0 bridgehead atoms. The quantitative estimate of drug-likeness (QED) is 0.296. The number of methoxy groups -OCH3 is 2. The van der Waals surface area contributed by atoms with Crippen molar-refractivity contribution in [3.05, 3.63) is 35.6 Å². The molecule has 4 rings (SSSR count). The molecule has 0 radical (unpaired) electrons. The molecule has 1 aliphatic rings. The SMILES string of the molecule is COC(=O)[C@H](C)NP(=O)(OCC1CC(n2cnc3c(OC)nc(N)nc32)C1)Oc1ccccc1Cl. The molecule has 188 valence electrons. The van der Waals surface area contributed by atoms with Crippen LogP contribution in [-0.2, 0) is 18.6 Å². The van der Waals surface area contributed by atoms with E-state index in [9.17, 15) is 9.36 Å². The van der Waals surface area contributed by atoms with E-state index in [2.05, 4.69) is 20.0 Å². The van der Waals surface area contributed by atoms with Crippen LogP contribution in [0.3, 0.4) is 0 Å². The Bertz CT molecular complexity index is 1270. The smallest absolute Gasteiger partial charge is 0.459 e. The maximum atomic E-state index is 13.5. The molecule has 1 unspecified atom stereocenters. The lowest BCUT2D eigenvalue weighted by atomic mass is 9.81. The largest absolute Gasteiger partial charge is 0.479 e. The van der Waals surface area contributed by atoms with Crippen molar-refractivity contribution in [2.75, 3.05) is 26.6 Å². The highest BCUT2D eigenvalue weighted by Gasteiger charge is 2.37. The maximum Gasteiger partial charge on any atom is 0.459 e. The van der Waals surface area contributed by atoms with Gasteiger partial charge in [0.1, 0.15) is 11.8 Å². The van der Waals surface area contributed by atoms with Crippen LogP contribution >= 0.6 is 19.3 Å². The van der Waals surface area contributed by atoms with Crippen molar-refractivity contribution < 1.29 is 27.9 Å². The van der Waals surface area contributed by atoms with Crippen molar-refractivity contribution in [3.63, 3.8) is 0 Å². The molecule has 3 aromatic rings. The predicted octanol–water partition coefficient (Wildman–Crippen LogP) is 3.38. The number of benzene rings is 1. The van der Waals surface area contributed by atoms with E-state index < -0.39 is 19.8 Å². The van der Waals surface area contributed by atoms with E-state index in [0.29, 0.717) is 17.0 Å². The molecular weight excluding hydrogens is 499 g/mol. The summed E-state index contributed by atoms with van der Waals surface area (Å²) in [6, 6.07) is 5.73. The van der Waals surface area contributed by atoms with E-state index in [-0.39, 0.29) is 35.3 Å². The van der Waals surface area contributed by atoms with Gasteiger partial charge in [0, 0.05) is 6.04 Å². The molecule has 2 heterocycles. The van der Waals surface area contributed by atoms with Crippen LogP contribution in [0, 0.1) is 5.92 Å². The second-order valence-corrected chi connectivity index (χ2v) is 10.2. The van der Waals surface area contributed by atoms with E-state index in [1.807, 2.05) is 4.57 Å². The Morgan fingerprint density at radius 3 is 2.74 bits per heavy atom. The monoisotopic (exact) mass is 524 g/mol. The summed E-state index contributed by atoms with van der Waals surface area (Å²) in [6.07, 6.45) is 3.11. The van der Waals surface area contributed by atoms with Crippen LogP contribution in [0.4, 0.5) is 5.95 Å². The summed E-state index contributed by atoms with van der Waals surface area (Å²) in [5.41, 5.74) is 6.91. The number of carbonyl (C=O) groups is 1. The number of esters is 1. The molecule has 1 saturated carbocycles. The molecule has 35 heavy (non-hydrogen) atoms. The third kappa shape index (κ3) is 5.51. The van der Waals surface area contributed by atoms with Gasteiger partial charge in [0.2, 0.25) is 11.8 Å². The van der Waals surface area contributed by atoms with Crippen LogP contribution in [0.15, 0.2) is 30.6 Å². The topological polar surface area (TPSA) is 153 Å². The van der Waals surface area contributed by atoms with Crippen LogP contribution in [-0.4, -0.2) is 52.4 Å². The minimum atomic E-state index is -3.97. The number of hydrogen-bond acceptors (Lipinski definition) is 10. The Labute approximate surface area is 206 Å². The summed E-state index contributed by atoms with van der Waals surface area (Å²) in [5.74, 6) is 0.0539. The van der Waals surface area contributed by atoms with Gasteiger partial charge in [0.25, 0.3) is 0 Å². The van der Waals surface area contributed by atoms with Crippen LogP contribution in [0.2, 0.25) is 5.02 Å².